The second kappa shape index (κ2) is 6.13. The molecule has 0 N–H and O–H groups in total. The first-order valence-corrected chi connectivity index (χ1v) is 8.85. The van der Waals surface area contributed by atoms with Crippen molar-refractivity contribution < 1.29 is 4.39 Å². The summed E-state index contributed by atoms with van der Waals surface area (Å²) >= 11 is 2.45. The Bertz CT molecular complexity index is 520. The van der Waals surface area contributed by atoms with Gasteiger partial charge in [0.1, 0.15) is 5.82 Å². The van der Waals surface area contributed by atoms with Gasteiger partial charge < -0.3 is 0 Å². The molecule has 1 spiro atoms. The van der Waals surface area contributed by atoms with Crippen LogP contribution in [0.5, 0.6) is 0 Å². The number of halogens is 2. The SMILES string of the molecule is CC(C)c1cc(CN2CCC3(CCN(I)C3)C2)ccc1F. The van der Waals surface area contributed by atoms with E-state index in [9.17, 15) is 4.39 Å². The van der Waals surface area contributed by atoms with Gasteiger partial charge in [-0.3, -0.25) is 4.90 Å². The van der Waals surface area contributed by atoms with E-state index in [-0.39, 0.29) is 11.7 Å². The van der Waals surface area contributed by atoms with E-state index in [0.29, 0.717) is 5.41 Å². The van der Waals surface area contributed by atoms with Gasteiger partial charge in [-0.25, -0.2) is 7.50 Å². The molecule has 1 aromatic rings. The van der Waals surface area contributed by atoms with Crippen molar-refractivity contribution in [1.29, 1.82) is 0 Å². The molecule has 1 aromatic carbocycles. The van der Waals surface area contributed by atoms with Crippen molar-refractivity contribution in [3.05, 3.63) is 35.1 Å². The summed E-state index contributed by atoms with van der Waals surface area (Å²) in [5, 5.41) is 0. The Kier molecular flexibility index (Phi) is 4.58. The molecule has 2 nitrogen and oxygen atoms in total. The fourth-order valence-electron chi connectivity index (χ4n) is 3.77. The molecule has 2 aliphatic rings. The Labute approximate surface area is 141 Å². The van der Waals surface area contributed by atoms with Crippen LogP contribution in [-0.2, 0) is 6.54 Å². The van der Waals surface area contributed by atoms with E-state index in [1.54, 1.807) is 6.07 Å². The van der Waals surface area contributed by atoms with E-state index >= 15 is 0 Å². The predicted octanol–water partition coefficient (Wildman–Crippen LogP) is 4.20. The van der Waals surface area contributed by atoms with Crippen LogP contribution in [0.2, 0.25) is 0 Å². The van der Waals surface area contributed by atoms with E-state index in [2.05, 4.69) is 50.8 Å². The van der Waals surface area contributed by atoms with Gasteiger partial charge in [0.25, 0.3) is 0 Å². The number of nitrogens with zero attached hydrogens (tertiary/aromatic N) is 2. The largest absolute Gasteiger partial charge is 0.298 e. The predicted molar refractivity (Wildman–Crippen MR) is 93.0 cm³/mol. The molecule has 116 valence electrons. The first-order chi connectivity index (χ1) is 9.97. The van der Waals surface area contributed by atoms with Crippen molar-refractivity contribution >= 4 is 22.9 Å². The number of rotatable bonds is 3. The molecule has 0 amide bonds. The van der Waals surface area contributed by atoms with E-state index < -0.39 is 0 Å². The molecule has 4 heteroatoms. The summed E-state index contributed by atoms with van der Waals surface area (Å²) in [6, 6.07) is 5.65. The molecule has 2 saturated heterocycles. The Morgan fingerprint density at radius 1 is 1.24 bits per heavy atom. The molecule has 21 heavy (non-hydrogen) atoms. The lowest BCUT2D eigenvalue weighted by Gasteiger charge is -2.23. The number of likely N-dealkylation sites (tertiary alicyclic amines) is 1. The minimum absolute atomic E-state index is 0.0667. The van der Waals surface area contributed by atoms with Crippen LogP contribution in [0.1, 0.15) is 43.7 Å². The maximum Gasteiger partial charge on any atom is 0.126 e. The van der Waals surface area contributed by atoms with Gasteiger partial charge in [0.2, 0.25) is 0 Å². The lowest BCUT2D eigenvalue weighted by Crippen LogP contribution is -2.28. The van der Waals surface area contributed by atoms with E-state index in [1.807, 2.05) is 6.07 Å². The molecule has 2 aliphatic heterocycles. The van der Waals surface area contributed by atoms with E-state index in [4.69, 9.17) is 0 Å². The zero-order valence-corrected chi connectivity index (χ0v) is 15.1. The summed E-state index contributed by atoms with van der Waals surface area (Å²) < 4.78 is 16.2. The van der Waals surface area contributed by atoms with E-state index in [1.165, 1.54) is 44.6 Å². The van der Waals surface area contributed by atoms with Crippen molar-refractivity contribution in [2.45, 2.75) is 39.2 Å². The van der Waals surface area contributed by atoms with Crippen LogP contribution < -0.4 is 0 Å². The zero-order chi connectivity index (χ0) is 15.0. The Morgan fingerprint density at radius 2 is 2.00 bits per heavy atom. The smallest absolute Gasteiger partial charge is 0.126 e. The normalized spacial score (nSPS) is 27.3. The third-order valence-corrected chi connectivity index (χ3v) is 5.82. The van der Waals surface area contributed by atoms with Gasteiger partial charge in [0.15, 0.2) is 0 Å². The first-order valence-electron chi connectivity index (χ1n) is 7.89. The molecule has 0 saturated carbocycles. The third kappa shape index (κ3) is 3.42. The third-order valence-electron chi connectivity index (χ3n) is 5.00. The zero-order valence-electron chi connectivity index (χ0n) is 12.9. The van der Waals surface area contributed by atoms with Crippen LogP contribution in [0, 0.1) is 11.2 Å². The van der Waals surface area contributed by atoms with Crippen molar-refractivity contribution in [1.82, 2.24) is 8.01 Å². The van der Waals surface area contributed by atoms with Crippen LogP contribution in [0.4, 0.5) is 4.39 Å². The number of benzene rings is 1. The highest BCUT2D eigenvalue weighted by atomic mass is 127. The monoisotopic (exact) mass is 402 g/mol. The summed E-state index contributed by atoms with van der Waals surface area (Å²) in [5.74, 6) is 0.181. The quantitative estimate of drug-likeness (QED) is 0.553. The average molecular weight is 402 g/mol. The second-order valence-electron chi connectivity index (χ2n) is 7.07. The topological polar surface area (TPSA) is 6.48 Å². The molecular formula is C17H24FIN2. The minimum atomic E-state index is -0.0667. The van der Waals surface area contributed by atoms with Crippen molar-refractivity contribution in [2.24, 2.45) is 5.41 Å². The van der Waals surface area contributed by atoms with Crippen LogP contribution in [0.3, 0.4) is 0 Å². The van der Waals surface area contributed by atoms with Gasteiger partial charge in [-0.15, -0.1) is 0 Å². The Morgan fingerprint density at radius 3 is 2.67 bits per heavy atom. The molecule has 1 unspecified atom stereocenters. The molecule has 2 fully saturated rings. The minimum Gasteiger partial charge on any atom is -0.298 e. The van der Waals surface area contributed by atoms with Gasteiger partial charge in [-0.1, -0.05) is 26.0 Å². The summed E-state index contributed by atoms with van der Waals surface area (Å²) in [7, 11) is 0. The van der Waals surface area contributed by atoms with Gasteiger partial charge in [-0.05, 0) is 47.9 Å². The van der Waals surface area contributed by atoms with E-state index in [0.717, 1.165) is 12.1 Å². The molecule has 0 aliphatic carbocycles. The van der Waals surface area contributed by atoms with Crippen LogP contribution in [-0.4, -0.2) is 34.2 Å². The molecule has 0 radical (unpaired) electrons. The van der Waals surface area contributed by atoms with Crippen LogP contribution >= 0.6 is 22.9 Å². The number of hydrogen-bond donors (Lipinski definition) is 0. The fraction of sp³-hybridized carbons (Fsp3) is 0.647. The highest BCUT2D eigenvalue weighted by Gasteiger charge is 2.42. The highest BCUT2D eigenvalue weighted by Crippen LogP contribution is 2.41. The second-order valence-corrected chi connectivity index (χ2v) is 8.43. The summed E-state index contributed by atoms with van der Waals surface area (Å²) in [6.07, 6.45) is 2.64. The molecule has 1 atom stereocenters. The lowest BCUT2D eigenvalue weighted by atomic mass is 9.86. The Balaban J connectivity index is 1.67. The van der Waals surface area contributed by atoms with Crippen LogP contribution in [0.25, 0.3) is 0 Å². The molecular weight excluding hydrogens is 378 g/mol. The Hall–Kier alpha value is -0.200. The highest BCUT2D eigenvalue weighted by molar-refractivity contribution is 14.1. The summed E-state index contributed by atoms with van der Waals surface area (Å²) in [6.45, 7) is 9.90. The molecule has 2 heterocycles. The average Bonchev–Trinajstić information content (AvgIpc) is 2.99. The summed E-state index contributed by atoms with van der Waals surface area (Å²) in [5.41, 5.74) is 2.62. The maximum absolute atomic E-state index is 13.8. The van der Waals surface area contributed by atoms with Gasteiger partial charge in [0.05, 0.1) is 0 Å². The van der Waals surface area contributed by atoms with Crippen LogP contribution in [0.15, 0.2) is 18.2 Å². The van der Waals surface area contributed by atoms with Crippen molar-refractivity contribution in [3.63, 3.8) is 0 Å². The summed E-state index contributed by atoms with van der Waals surface area (Å²) in [4.78, 5) is 2.55. The first kappa shape index (κ1) is 15.7. The fourth-order valence-corrected chi connectivity index (χ4v) is 4.73. The maximum atomic E-state index is 13.8. The molecule has 3 rings (SSSR count). The molecule has 0 bridgehead atoms. The number of hydrogen-bond acceptors (Lipinski definition) is 2. The van der Waals surface area contributed by atoms with Crippen molar-refractivity contribution in [2.75, 3.05) is 26.2 Å². The van der Waals surface area contributed by atoms with Gasteiger partial charge in [0, 0.05) is 49.0 Å². The van der Waals surface area contributed by atoms with Crippen molar-refractivity contribution in [3.8, 4) is 0 Å². The van der Waals surface area contributed by atoms with Gasteiger partial charge >= 0.3 is 0 Å². The van der Waals surface area contributed by atoms with Gasteiger partial charge in [-0.2, -0.15) is 0 Å². The standard InChI is InChI=1S/C17H24FIN2/c1-13(2)15-9-14(3-4-16(15)18)10-20-7-5-17(11-20)6-8-21(19)12-17/h3-4,9,13H,5-8,10-12H2,1-2H3. The molecule has 0 aromatic heterocycles. The lowest BCUT2D eigenvalue weighted by molar-refractivity contribution is 0.264.